The Morgan fingerprint density at radius 3 is 2.31 bits per heavy atom. The molecule has 9 heteroatoms. The van der Waals surface area contributed by atoms with Crippen LogP contribution in [0, 0.1) is 5.41 Å². The number of hydrogen-bond acceptors (Lipinski definition) is 6. The number of aliphatic hydroxyl groups excluding tert-OH is 1. The van der Waals surface area contributed by atoms with Crippen LogP contribution in [0.4, 0.5) is 5.69 Å². The Kier molecular flexibility index (Phi) is 9.05. The maximum atomic E-state index is 12.1. The van der Waals surface area contributed by atoms with E-state index in [9.17, 15) is 18.3 Å². The number of carbonyl (C=O) groups is 1. The molecule has 150 valence electrons. The summed E-state index contributed by atoms with van der Waals surface area (Å²) in [4.78, 5) is 12.1. The molecule has 0 aromatic heterocycles. The zero-order chi connectivity index (χ0) is 19.4. The topological polar surface area (TPSA) is 105 Å². The number of aliphatic hydroxyl groups is 1. The molecule has 26 heavy (non-hydrogen) atoms. The number of sulfonamides is 1. The Bertz CT molecular complexity index is 714. The molecule has 0 saturated carbocycles. The van der Waals surface area contributed by atoms with E-state index in [-0.39, 0.29) is 29.9 Å². The highest BCUT2D eigenvalue weighted by Crippen LogP contribution is 2.31. The third-order valence-corrected chi connectivity index (χ3v) is 3.81. The minimum atomic E-state index is -3.58. The average Bonchev–Trinajstić information content (AvgIpc) is 2.43. The van der Waals surface area contributed by atoms with Crippen LogP contribution in [0.25, 0.3) is 0 Å². The maximum Gasteiger partial charge on any atom is 0.316 e. The van der Waals surface area contributed by atoms with Crippen LogP contribution >= 0.6 is 12.4 Å². The minimum Gasteiger partial charge on any atom is -0.424 e. The molecule has 0 aliphatic carbocycles. The lowest BCUT2D eigenvalue weighted by atomic mass is 9.97. The van der Waals surface area contributed by atoms with E-state index in [1.165, 1.54) is 12.1 Å². The van der Waals surface area contributed by atoms with Crippen molar-refractivity contribution in [1.29, 1.82) is 0 Å². The third-order valence-electron chi connectivity index (χ3n) is 3.22. The minimum absolute atomic E-state index is 0. The van der Waals surface area contributed by atoms with E-state index in [1.54, 1.807) is 26.8 Å². The van der Waals surface area contributed by atoms with Crippen LogP contribution < -0.4 is 14.8 Å². The number of benzene rings is 1. The van der Waals surface area contributed by atoms with Crippen molar-refractivity contribution in [2.45, 2.75) is 46.8 Å². The fraction of sp³-hybridized carbons (Fsp3) is 0.588. The predicted molar refractivity (Wildman–Crippen MR) is 105 cm³/mol. The van der Waals surface area contributed by atoms with Gasteiger partial charge in [-0.3, -0.25) is 9.52 Å². The van der Waals surface area contributed by atoms with E-state index >= 15 is 0 Å². The summed E-state index contributed by atoms with van der Waals surface area (Å²) in [6.45, 7) is 9.34. The molecule has 1 rings (SSSR count). The van der Waals surface area contributed by atoms with E-state index < -0.39 is 27.5 Å². The van der Waals surface area contributed by atoms with Gasteiger partial charge in [-0.25, -0.2) is 8.42 Å². The number of ether oxygens (including phenoxy) is 1. The lowest BCUT2D eigenvalue weighted by Gasteiger charge is -2.20. The van der Waals surface area contributed by atoms with Gasteiger partial charge in [-0.15, -0.1) is 12.4 Å². The molecule has 0 fully saturated rings. The molecule has 1 aromatic rings. The summed E-state index contributed by atoms with van der Waals surface area (Å²) in [7, 11) is -3.58. The number of nitrogens with one attached hydrogen (secondary N) is 2. The van der Waals surface area contributed by atoms with Crippen molar-refractivity contribution in [3.63, 3.8) is 0 Å². The predicted octanol–water partition coefficient (Wildman–Crippen LogP) is 2.46. The highest BCUT2D eigenvalue weighted by atomic mass is 35.5. The average molecular weight is 409 g/mol. The quantitative estimate of drug-likeness (QED) is 0.472. The van der Waals surface area contributed by atoms with Crippen LogP contribution in [-0.4, -0.2) is 38.3 Å². The summed E-state index contributed by atoms with van der Waals surface area (Å²) in [5.74, 6) is -0.392. The Morgan fingerprint density at radius 2 is 1.85 bits per heavy atom. The van der Waals surface area contributed by atoms with Crippen LogP contribution in [0.3, 0.4) is 0 Å². The Labute approximate surface area is 162 Å². The normalized spacial score (nSPS) is 13.1. The van der Waals surface area contributed by atoms with E-state index in [2.05, 4.69) is 10.0 Å². The second kappa shape index (κ2) is 9.55. The second-order valence-electron chi connectivity index (χ2n) is 7.35. The molecular weight excluding hydrogens is 380 g/mol. The van der Waals surface area contributed by atoms with Crippen LogP contribution in [0.5, 0.6) is 5.75 Å². The van der Waals surface area contributed by atoms with Gasteiger partial charge in [0.25, 0.3) is 0 Å². The molecule has 1 unspecified atom stereocenters. The molecule has 0 saturated heterocycles. The summed E-state index contributed by atoms with van der Waals surface area (Å²) in [5.41, 5.74) is -0.113. The van der Waals surface area contributed by atoms with E-state index in [0.717, 1.165) is 6.26 Å². The molecule has 0 spiro atoms. The first kappa shape index (κ1) is 24.7. The van der Waals surface area contributed by atoms with Crippen LogP contribution in [0.1, 0.15) is 46.3 Å². The Hall–Kier alpha value is -1.35. The van der Waals surface area contributed by atoms with Gasteiger partial charge in [0.2, 0.25) is 10.0 Å². The van der Waals surface area contributed by atoms with E-state index in [0.29, 0.717) is 12.1 Å². The molecule has 0 aliphatic heterocycles. The Balaban J connectivity index is 0.00000625. The molecule has 0 radical (unpaired) electrons. The van der Waals surface area contributed by atoms with E-state index in [1.807, 2.05) is 13.8 Å². The largest absolute Gasteiger partial charge is 0.424 e. The first-order chi connectivity index (χ1) is 11.3. The third kappa shape index (κ3) is 8.35. The van der Waals surface area contributed by atoms with Crippen molar-refractivity contribution >= 4 is 34.1 Å². The number of anilines is 1. The van der Waals surface area contributed by atoms with Gasteiger partial charge in [0.05, 0.1) is 23.5 Å². The molecule has 7 nitrogen and oxygen atoms in total. The van der Waals surface area contributed by atoms with Gasteiger partial charge in [0.15, 0.2) is 5.75 Å². The molecule has 0 heterocycles. The first-order valence-corrected chi connectivity index (χ1v) is 9.94. The fourth-order valence-corrected chi connectivity index (χ4v) is 2.40. The zero-order valence-corrected chi connectivity index (χ0v) is 17.6. The molecule has 0 amide bonds. The highest BCUT2D eigenvalue weighted by molar-refractivity contribution is 7.92. The van der Waals surface area contributed by atoms with Gasteiger partial charge in [0.1, 0.15) is 0 Å². The monoisotopic (exact) mass is 408 g/mol. The van der Waals surface area contributed by atoms with Crippen molar-refractivity contribution in [3.05, 3.63) is 23.8 Å². The van der Waals surface area contributed by atoms with Crippen molar-refractivity contribution in [2.24, 2.45) is 5.41 Å². The number of esters is 1. The Morgan fingerprint density at radius 1 is 1.27 bits per heavy atom. The van der Waals surface area contributed by atoms with Crippen molar-refractivity contribution < 1.29 is 23.1 Å². The van der Waals surface area contributed by atoms with Gasteiger partial charge in [-0.05, 0) is 38.5 Å². The molecule has 3 N–H and O–H groups in total. The highest BCUT2D eigenvalue weighted by Gasteiger charge is 2.25. The van der Waals surface area contributed by atoms with Crippen molar-refractivity contribution in [2.75, 3.05) is 17.5 Å². The fourth-order valence-electron chi connectivity index (χ4n) is 1.84. The zero-order valence-electron chi connectivity index (χ0n) is 16.0. The van der Waals surface area contributed by atoms with Gasteiger partial charge in [-0.1, -0.05) is 19.9 Å². The molecule has 1 aromatic carbocycles. The number of halogens is 1. The number of carbonyl (C=O) groups excluding carboxylic acids is 1. The lowest BCUT2D eigenvalue weighted by Crippen LogP contribution is -2.28. The van der Waals surface area contributed by atoms with Crippen LogP contribution in [-0.2, 0) is 14.8 Å². The van der Waals surface area contributed by atoms with Crippen LogP contribution in [0.2, 0.25) is 0 Å². The summed E-state index contributed by atoms with van der Waals surface area (Å²) >= 11 is 0. The summed E-state index contributed by atoms with van der Waals surface area (Å²) in [6, 6.07) is 4.76. The molecular formula is C17H29ClN2O5S. The smallest absolute Gasteiger partial charge is 0.316 e. The van der Waals surface area contributed by atoms with E-state index in [4.69, 9.17) is 4.74 Å². The molecule has 1 atom stereocenters. The van der Waals surface area contributed by atoms with Gasteiger partial charge >= 0.3 is 5.97 Å². The first-order valence-electron chi connectivity index (χ1n) is 8.05. The van der Waals surface area contributed by atoms with Crippen LogP contribution in [0.15, 0.2) is 18.2 Å². The molecule has 0 bridgehead atoms. The molecule has 0 aliphatic rings. The SMILES string of the molecule is CC(C)NCC(O)c1ccc(OC(=O)C(C)(C)C)c(NS(C)(=O)=O)c1.Cl. The van der Waals surface area contributed by atoms with Crippen molar-refractivity contribution in [1.82, 2.24) is 5.32 Å². The van der Waals surface area contributed by atoms with Crippen molar-refractivity contribution in [3.8, 4) is 5.75 Å². The standard InChI is InChI=1S/C17H28N2O5S.ClH/c1-11(2)18-10-14(20)12-7-8-15(24-16(21)17(3,4)5)13(9-12)19-25(6,22)23;/h7-9,11,14,18-20H,10H2,1-6H3;1H. The lowest BCUT2D eigenvalue weighted by molar-refractivity contribution is -0.142. The van der Waals surface area contributed by atoms with Gasteiger partial charge in [-0.2, -0.15) is 0 Å². The van der Waals surface area contributed by atoms with Gasteiger partial charge < -0.3 is 15.2 Å². The number of rotatable bonds is 7. The maximum absolute atomic E-state index is 12.1. The van der Waals surface area contributed by atoms with Gasteiger partial charge in [0, 0.05) is 12.6 Å². The summed E-state index contributed by atoms with van der Waals surface area (Å²) < 4.78 is 30.9. The summed E-state index contributed by atoms with van der Waals surface area (Å²) in [6.07, 6.45) is 0.182. The summed E-state index contributed by atoms with van der Waals surface area (Å²) in [5, 5.41) is 13.4. The second-order valence-corrected chi connectivity index (χ2v) is 9.10. The number of hydrogen-bond donors (Lipinski definition) is 3.